The Labute approximate surface area is 386 Å². The summed E-state index contributed by atoms with van der Waals surface area (Å²) in [7, 11) is -1.67. The molecule has 0 saturated carbocycles. The number of aromatic nitrogens is 3. The molecule has 0 aliphatic carbocycles. The summed E-state index contributed by atoms with van der Waals surface area (Å²) in [6.07, 6.45) is 0. The predicted octanol–water partition coefficient (Wildman–Crippen LogP) is 14.8. The normalized spacial score (nSPS) is 12.4. The summed E-state index contributed by atoms with van der Waals surface area (Å²) in [6.45, 7) is 27.8. The zero-order valence-corrected chi connectivity index (χ0v) is 41.7. The second kappa shape index (κ2) is 16.9. The summed E-state index contributed by atoms with van der Waals surface area (Å²) in [6, 6.07) is 58.0. The van der Waals surface area contributed by atoms with Crippen molar-refractivity contribution >= 4 is 24.3 Å². The van der Waals surface area contributed by atoms with Crippen LogP contribution in [0.3, 0.4) is 0 Å². The molecule has 0 N–H and O–H groups in total. The largest absolute Gasteiger partial charge is 2.00 e. The summed E-state index contributed by atoms with van der Waals surface area (Å²) < 4.78 is 2.39. The number of hydrogen-bond donors (Lipinski definition) is 0. The number of pyridine rings is 1. The Hall–Kier alpha value is -5.15. The fourth-order valence-electron chi connectivity index (χ4n) is 7.97. The van der Waals surface area contributed by atoms with Crippen molar-refractivity contribution in [1.82, 2.24) is 14.5 Å². The molecule has 3 nitrogen and oxygen atoms in total. The van der Waals surface area contributed by atoms with E-state index < -0.39 is 8.07 Å². The van der Waals surface area contributed by atoms with Gasteiger partial charge in [-0.1, -0.05) is 178 Å². The number of hydrogen-bond acceptors (Lipinski definition) is 2. The molecule has 0 radical (unpaired) electrons. The van der Waals surface area contributed by atoms with Gasteiger partial charge in [-0.3, -0.25) is 9.97 Å². The Morgan fingerprint density at radius 1 is 0.516 bits per heavy atom. The van der Waals surface area contributed by atoms with Crippen molar-refractivity contribution in [1.29, 1.82) is 0 Å². The average Bonchev–Trinajstić information content (AvgIpc) is 3.62. The van der Waals surface area contributed by atoms with E-state index in [0.29, 0.717) is 0 Å². The molecule has 0 atom stereocenters. The third kappa shape index (κ3) is 9.15. The molecule has 6 aromatic carbocycles. The van der Waals surface area contributed by atoms with Gasteiger partial charge in [0.05, 0.1) is 30.6 Å². The van der Waals surface area contributed by atoms with Crippen molar-refractivity contribution in [3.05, 3.63) is 168 Å². The van der Waals surface area contributed by atoms with Crippen LogP contribution in [0, 0.1) is 12.1 Å². The van der Waals surface area contributed by atoms with Crippen molar-refractivity contribution in [2.45, 2.75) is 98.2 Å². The van der Waals surface area contributed by atoms with Crippen LogP contribution in [0.2, 0.25) is 19.6 Å². The molecule has 8 aromatic rings. The number of rotatable bonds is 7. The topological polar surface area (TPSA) is 30.7 Å². The van der Waals surface area contributed by atoms with Gasteiger partial charge in [0.25, 0.3) is 0 Å². The van der Waals surface area contributed by atoms with Crippen LogP contribution in [0.5, 0.6) is 0 Å². The molecule has 0 unspecified atom stereocenters. The summed E-state index contributed by atoms with van der Waals surface area (Å²) in [5.41, 5.74) is 15.8. The van der Waals surface area contributed by atoms with Crippen LogP contribution < -0.4 is 5.19 Å². The summed E-state index contributed by atoms with van der Waals surface area (Å²) in [4.78, 5) is 11.2. The fraction of sp³-hybridized carbons (Fsp3) is 0.263. The zero-order chi connectivity index (χ0) is 43.5. The van der Waals surface area contributed by atoms with E-state index in [1.54, 1.807) is 0 Å². The Morgan fingerprint density at radius 2 is 1.15 bits per heavy atom. The first-order chi connectivity index (χ1) is 28.8. The van der Waals surface area contributed by atoms with Crippen molar-refractivity contribution in [2.75, 3.05) is 0 Å². The van der Waals surface area contributed by atoms with Crippen molar-refractivity contribution in [3.8, 4) is 61.8 Å². The molecule has 0 fully saturated rings. The Bertz CT molecular complexity index is 2850. The quantitative estimate of drug-likeness (QED) is 0.118. The van der Waals surface area contributed by atoms with Gasteiger partial charge in [-0.15, -0.1) is 70.3 Å². The molecular weight excluding hydrogens is 950 g/mol. The van der Waals surface area contributed by atoms with Gasteiger partial charge in [0.15, 0.2) is 0 Å². The molecule has 316 valence electrons. The second-order valence-electron chi connectivity index (χ2n) is 20.7. The number of nitrogens with zero attached hydrogens (tertiary/aromatic N) is 3. The molecule has 0 aliphatic rings. The van der Waals surface area contributed by atoms with E-state index in [-0.39, 0.29) is 37.3 Å². The Morgan fingerprint density at radius 3 is 1.77 bits per heavy atom. The third-order valence-electron chi connectivity index (χ3n) is 11.8. The van der Waals surface area contributed by atoms with E-state index in [4.69, 9.17) is 9.97 Å². The second-order valence-corrected chi connectivity index (χ2v) is 25.8. The summed E-state index contributed by atoms with van der Waals surface area (Å²) >= 11 is 0. The van der Waals surface area contributed by atoms with Crippen molar-refractivity contribution in [2.24, 2.45) is 0 Å². The molecule has 0 saturated heterocycles. The van der Waals surface area contributed by atoms with Crippen molar-refractivity contribution in [3.63, 3.8) is 0 Å². The van der Waals surface area contributed by atoms with E-state index in [9.17, 15) is 0 Å². The molecular formula is C57H59N3PtSi. The fourth-order valence-corrected chi connectivity index (χ4v) is 9.13. The van der Waals surface area contributed by atoms with E-state index in [2.05, 4.69) is 232 Å². The van der Waals surface area contributed by atoms with E-state index in [1.165, 1.54) is 38.6 Å². The minimum absolute atomic E-state index is 0. The van der Waals surface area contributed by atoms with E-state index in [1.807, 2.05) is 6.07 Å². The first-order valence-corrected chi connectivity index (χ1v) is 25.2. The maximum absolute atomic E-state index is 5.73. The van der Waals surface area contributed by atoms with E-state index in [0.717, 1.165) is 56.2 Å². The predicted molar refractivity (Wildman–Crippen MR) is 263 cm³/mol. The summed E-state index contributed by atoms with van der Waals surface area (Å²) in [5, 5.41) is 1.42. The van der Waals surface area contributed by atoms with Gasteiger partial charge in [0.2, 0.25) is 0 Å². The molecule has 0 aliphatic heterocycles. The molecule has 62 heavy (non-hydrogen) atoms. The molecule has 2 aromatic heterocycles. The molecule has 8 rings (SSSR count). The van der Waals surface area contributed by atoms with Crippen LogP contribution >= 0.6 is 0 Å². The van der Waals surface area contributed by atoms with Gasteiger partial charge >= 0.3 is 21.1 Å². The minimum atomic E-state index is -1.67. The molecule has 5 heteroatoms. The van der Waals surface area contributed by atoms with Gasteiger partial charge in [0.1, 0.15) is 0 Å². The Balaban J connectivity index is 0.00000578. The van der Waals surface area contributed by atoms with Crippen LogP contribution in [-0.4, -0.2) is 22.6 Å². The third-order valence-corrected chi connectivity index (χ3v) is 13.9. The van der Waals surface area contributed by atoms with Gasteiger partial charge in [-0.05, 0) is 56.8 Å². The Kier molecular flexibility index (Phi) is 12.2. The van der Waals surface area contributed by atoms with Crippen LogP contribution in [0.4, 0.5) is 0 Å². The summed E-state index contributed by atoms with van der Waals surface area (Å²) in [5.74, 6) is 0.869. The smallest absolute Gasteiger partial charge is 0.333 e. The maximum atomic E-state index is 5.73. The van der Waals surface area contributed by atoms with Gasteiger partial charge in [0, 0.05) is 16.8 Å². The average molecular weight is 1010 g/mol. The van der Waals surface area contributed by atoms with E-state index >= 15 is 0 Å². The minimum Gasteiger partial charge on any atom is -0.333 e. The van der Waals surface area contributed by atoms with Crippen LogP contribution in [0.25, 0.3) is 72.9 Å². The van der Waals surface area contributed by atoms with Crippen molar-refractivity contribution < 1.29 is 21.1 Å². The monoisotopic (exact) mass is 1010 g/mol. The van der Waals surface area contributed by atoms with Crippen LogP contribution in [-0.2, 0) is 37.3 Å². The van der Waals surface area contributed by atoms with Crippen LogP contribution in [0.15, 0.2) is 140 Å². The zero-order valence-electron chi connectivity index (χ0n) is 38.4. The first-order valence-electron chi connectivity index (χ1n) is 21.7. The number of para-hydroxylation sites is 1. The number of imidazole rings is 1. The number of benzene rings is 6. The standard InChI is InChI=1S/C57H59N3Si.Pt/c1-55(2,3)43-32-42(33-44(34-43)56(4,5)6)54-59-53-47(27-20-28-52(53)60(54)51-30-29-46(61(10,11)12)37-48(51)39-23-17-14-18-24-39)50-36-45(57(7,8)9)35-49(58-50)41-26-19-25-40(31-41)38-21-15-13-16-22-38;/h13-25,27-32,34-37H,1-12H3;/q-2;+2. The molecule has 0 spiro atoms. The van der Waals surface area contributed by atoms with Gasteiger partial charge in [-0.2, -0.15) is 0 Å². The number of fused-ring (bicyclic) bond motifs is 1. The molecule has 0 amide bonds. The molecule has 0 bridgehead atoms. The first kappa shape index (κ1) is 44.9. The SMILES string of the molecule is CC(C)(C)c1[c-]c(-c2nc3c(-c4cc(C(C)(C)C)cc(-c5[c-]ccc(-c6ccccc6)c5)n4)cccc3n2-c2ccc([Si](C)(C)C)cc2-c2ccccc2)cc(C(C)(C)C)c1.[Pt+2]. The van der Waals surface area contributed by atoms with Crippen LogP contribution in [0.1, 0.15) is 79.0 Å². The molecule has 2 heterocycles. The maximum Gasteiger partial charge on any atom is 2.00 e. The van der Waals surface area contributed by atoms with Gasteiger partial charge < -0.3 is 4.57 Å². The van der Waals surface area contributed by atoms with Gasteiger partial charge in [-0.25, -0.2) is 0 Å².